The molecule has 0 saturated heterocycles. The summed E-state index contributed by atoms with van der Waals surface area (Å²) in [5.41, 5.74) is 6.50. The minimum Gasteiger partial charge on any atom is -0.496 e. The third kappa shape index (κ3) is 4.24. The summed E-state index contributed by atoms with van der Waals surface area (Å²) in [6.07, 6.45) is 1.75. The molecule has 1 aromatic heterocycles. The Morgan fingerprint density at radius 2 is 1.96 bits per heavy atom. The maximum absolute atomic E-state index is 12.6. The number of sulfonamides is 1. The SMILES string of the molecule is COc1ccccc1CC(C)(C)NS(=O)(=O)c1cnc(N)c(C)c1. The van der Waals surface area contributed by atoms with Gasteiger partial charge in [0.2, 0.25) is 10.0 Å². The Morgan fingerprint density at radius 1 is 1.29 bits per heavy atom. The molecule has 0 spiro atoms. The van der Waals surface area contributed by atoms with E-state index in [1.165, 1.54) is 12.3 Å². The van der Waals surface area contributed by atoms with E-state index in [2.05, 4.69) is 9.71 Å². The average Bonchev–Trinajstić information content (AvgIpc) is 2.49. The molecule has 0 saturated carbocycles. The lowest BCUT2D eigenvalue weighted by Crippen LogP contribution is -2.45. The molecule has 0 aliphatic rings. The van der Waals surface area contributed by atoms with Crippen LogP contribution in [0.1, 0.15) is 25.0 Å². The Kier molecular flexibility index (Phi) is 5.15. The van der Waals surface area contributed by atoms with Crippen LogP contribution in [-0.2, 0) is 16.4 Å². The Balaban J connectivity index is 2.25. The maximum atomic E-state index is 12.6. The number of nitrogens with zero attached hydrogens (tertiary/aromatic N) is 1. The summed E-state index contributed by atoms with van der Waals surface area (Å²) in [6.45, 7) is 5.38. The van der Waals surface area contributed by atoms with E-state index in [1.807, 2.05) is 38.1 Å². The molecule has 1 heterocycles. The molecule has 0 unspecified atom stereocenters. The lowest BCUT2D eigenvalue weighted by molar-refractivity contribution is 0.395. The lowest BCUT2D eigenvalue weighted by atomic mass is 9.96. The molecule has 2 aromatic rings. The van der Waals surface area contributed by atoms with Gasteiger partial charge in [0, 0.05) is 11.7 Å². The molecule has 0 aliphatic carbocycles. The fourth-order valence-electron chi connectivity index (χ4n) is 2.49. The van der Waals surface area contributed by atoms with Crippen molar-refractivity contribution >= 4 is 15.8 Å². The molecule has 0 radical (unpaired) electrons. The Bertz CT molecular complexity index is 833. The minimum atomic E-state index is -3.71. The number of nitrogens with two attached hydrogens (primary N) is 1. The zero-order valence-electron chi connectivity index (χ0n) is 14.3. The van der Waals surface area contributed by atoms with Crippen molar-refractivity contribution in [3.05, 3.63) is 47.7 Å². The topological polar surface area (TPSA) is 94.3 Å². The Labute approximate surface area is 143 Å². The number of hydrogen-bond donors (Lipinski definition) is 2. The van der Waals surface area contributed by atoms with Crippen molar-refractivity contribution < 1.29 is 13.2 Å². The summed E-state index contributed by atoms with van der Waals surface area (Å²) in [7, 11) is -2.11. The number of ether oxygens (including phenoxy) is 1. The number of pyridine rings is 1. The number of para-hydroxylation sites is 1. The van der Waals surface area contributed by atoms with Crippen LogP contribution < -0.4 is 15.2 Å². The summed E-state index contributed by atoms with van der Waals surface area (Å²) < 4.78 is 33.3. The van der Waals surface area contributed by atoms with Crippen LogP contribution in [0.25, 0.3) is 0 Å². The van der Waals surface area contributed by atoms with Crippen molar-refractivity contribution in [3.63, 3.8) is 0 Å². The highest BCUT2D eigenvalue weighted by Crippen LogP contribution is 2.24. The van der Waals surface area contributed by atoms with Crippen molar-refractivity contribution in [1.29, 1.82) is 0 Å². The highest BCUT2D eigenvalue weighted by molar-refractivity contribution is 7.89. The Morgan fingerprint density at radius 3 is 2.58 bits per heavy atom. The second-order valence-electron chi connectivity index (χ2n) is 6.35. The standard InChI is InChI=1S/C17H23N3O3S/c1-12-9-14(11-19-16(12)18)24(21,22)20-17(2,3)10-13-7-5-6-8-15(13)23-4/h5-9,11,20H,10H2,1-4H3,(H2,18,19). The number of methoxy groups -OCH3 is 1. The van der Waals surface area contributed by atoms with Gasteiger partial charge in [0.15, 0.2) is 0 Å². The predicted octanol–water partition coefficient (Wildman–Crippen LogP) is 2.28. The van der Waals surface area contributed by atoms with Crippen molar-refractivity contribution in [2.24, 2.45) is 0 Å². The van der Waals surface area contributed by atoms with Gasteiger partial charge in [-0.3, -0.25) is 0 Å². The van der Waals surface area contributed by atoms with Gasteiger partial charge in [-0.05, 0) is 50.5 Å². The molecular weight excluding hydrogens is 326 g/mol. The number of hydrogen-bond acceptors (Lipinski definition) is 5. The van der Waals surface area contributed by atoms with E-state index in [-0.39, 0.29) is 4.90 Å². The van der Waals surface area contributed by atoms with E-state index < -0.39 is 15.6 Å². The summed E-state index contributed by atoms with van der Waals surface area (Å²) in [5.74, 6) is 1.05. The Hall–Kier alpha value is -2.12. The molecule has 0 atom stereocenters. The van der Waals surface area contributed by atoms with E-state index in [0.717, 1.165) is 11.3 Å². The van der Waals surface area contributed by atoms with Gasteiger partial charge >= 0.3 is 0 Å². The second kappa shape index (κ2) is 6.78. The lowest BCUT2D eigenvalue weighted by Gasteiger charge is -2.27. The first-order valence-electron chi connectivity index (χ1n) is 7.52. The van der Waals surface area contributed by atoms with Crippen LogP contribution >= 0.6 is 0 Å². The molecular formula is C17H23N3O3S. The van der Waals surface area contributed by atoms with Crippen molar-refractivity contribution in [3.8, 4) is 5.75 Å². The monoisotopic (exact) mass is 349 g/mol. The first kappa shape index (κ1) is 18.2. The fraction of sp³-hybridized carbons (Fsp3) is 0.353. The van der Waals surface area contributed by atoms with Crippen LogP contribution in [0.4, 0.5) is 5.82 Å². The molecule has 24 heavy (non-hydrogen) atoms. The average molecular weight is 349 g/mol. The summed E-state index contributed by atoms with van der Waals surface area (Å²) >= 11 is 0. The normalized spacial score (nSPS) is 12.2. The van der Waals surface area contributed by atoms with Gasteiger partial charge in [-0.25, -0.2) is 18.1 Å². The van der Waals surface area contributed by atoms with Gasteiger partial charge in [0.1, 0.15) is 16.5 Å². The van der Waals surface area contributed by atoms with Crippen LogP contribution in [0, 0.1) is 6.92 Å². The number of nitrogen functional groups attached to an aromatic ring is 1. The van der Waals surface area contributed by atoms with Gasteiger partial charge in [-0.2, -0.15) is 0 Å². The van der Waals surface area contributed by atoms with Crippen LogP contribution in [0.2, 0.25) is 0 Å². The molecule has 7 heteroatoms. The number of anilines is 1. The first-order valence-corrected chi connectivity index (χ1v) is 9.01. The molecule has 1 aromatic carbocycles. The highest BCUT2D eigenvalue weighted by atomic mass is 32.2. The quantitative estimate of drug-likeness (QED) is 0.834. The molecule has 6 nitrogen and oxygen atoms in total. The summed E-state index contributed by atoms with van der Waals surface area (Å²) in [6, 6.07) is 9.07. The molecule has 130 valence electrons. The first-order chi connectivity index (χ1) is 11.1. The molecule has 0 aliphatic heterocycles. The number of nitrogens with one attached hydrogen (secondary N) is 1. The van der Waals surface area contributed by atoms with Crippen molar-refractivity contribution in [1.82, 2.24) is 9.71 Å². The van der Waals surface area contributed by atoms with E-state index in [4.69, 9.17) is 10.5 Å². The number of rotatable bonds is 6. The number of aromatic nitrogens is 1. The second-order valence-corrected chi connectivity index (χ2v) is 8.03. The van der Waals surface area contributed by atoms with Crippen molar-refractivity contribution in [2.75, 3.05) is 12.8 Å². The third-order valence-electron chi connectivity index (χ3n) is 3.64. The molecule has 2 rings (SSSR count). The van der Waals surface area contributed by atoms with E-state index in [1.54, 1.807) is 14.0 Å². The van der Waals surface area contributed by atoms with Crippen molar-refractivity contribution in [2.45, 2.75) is 37.6 Å². The minimum absolute atomic E-state index is 0.0994. The summed E-state index contributed by atoms with van der Waals surface area (Å²) in [5, 5.41) is 0. The van der Waals surface area contributed by atoms with E-state index in [0.29, 0.717) is 17.8 Å². The number of aryl methyl sites for hydroxylation is 1. The van der Waals surface area contributed by atoms with Gasteiger partial charge in [0.05, 0.1) is 7.11 Å². The van der Waals surface area contributed by atoms with Crippen LogP contribution in [0.5, 0.6) is 5.75 Å². The molecule has 0 amide bonds. The van der Waals surface area contributed by atoms with Crippen LogP contribution in [0.3, 0.4) is 0 Å². The van der Waals surface area contributed by atoms with E-state index >= 15 is 0 Å². The largest absolute Gasteiger partial charge is 0.496 e. The van der Waals surface area contributed by atoms with Gasteiger partial charge in [-0.15, -0.1) is 0 Å². The number of benzene rings is 1. The molecule has 0 fully saturated rings. The van der Waals surface area contributed by atoms with Gasteiger partial charge in [-0.1, -0.05) is 18.2 Å². The molecule has 3 N–H and O–H groups in total. The van der Waals surface area contributed by atoms with Gasteiger partial charge < -0.3 is 10.5 Å². The predicted molar refractivity (Wildman–Crippen MR) is 94.5 cm³/mol. The smallest absolute Gasteiger partial charge is 0.242 e. The zero-order valence-corrected chi connectivity index (χ0v) is 15.1. The van der Waals surface area contributed by atoms with Gasteiger partial charge in [0.25, 0.3) is 0 Å². The highest BCUT2D eigenvalue weighted by Gasteiger charge is 2.28. The molecule has 0 bridgehead atoms. The third-order valence-corrected chi connectivity index (χ3v) is 5.30. The van der Waals surface area contributed by atoms with E-state index in [9.17, 15) is 8.42 Å². The van der Waals surface area contributed by atoms with Crippen LogP contribution in [-0.4, -0.2) is 26.1 Å². The fourth-order valence-corrected chi connectivity index (χ4v) is 3.93. The maximum Gasteiger partial charge on any atom is 0.242 e. The summed E-state index contributed by atoms with van der Waals surface area (Å²) in [4.78, 5) is 4.02. The zero-order chi connectivity index (χ0) is 18.0. The van der Waals surface area contributed by atoms with Crippen LogP contribution in [0.15, 0.2) is 41.4 Å².